The lowest BCUT2D eigenvalue weighted by Crippen LogP contribution is -2.51. The van der Waals surface area contributed by atoms with Crippen LogP contribution in [0.3, 0.4) is 0 Å². The fourth-order valence-electron chi connectivity index (χ4n) is 4.12. The molecule has 0 saturated carbocycles. The van der Waals surface area contributed by atoms with Gasteiger partial charge >= 0.3 is 5.97 Å². The van der Waals surface area contributed by atoms with Crippen LogP contribution < -0.4 is 0 Å². The number of methoxy groups -OCH3 is 1. The van der Waals surface area contributed by atoms with E-state index in [0.717, 1.165) is 22.2 Å². The number of rotatable bonds is 3. The highest BCUT2D eigenvalue weighted by Crippen LogP contribution is 2.41. The number of nitro groups is 1. The molecule has 3 aromatic rings. The number of aromatic nitrogens is 1. The molecule has 1 aromatic heterocycles. The first-order valence-corrected chi connectivity index (χ1v) is 9.13. The Morgan fingerprint density at radius 1 is 1.17 bits per heavy atom. The molecule has 0 fully saturated rings. The van der Waals surface area contributed by atoms with Crippen molar-refractivity contribution < 1.29 is 19.2 Å². The van der Waals surface area contributed by atoms with E-state index in [2.05, 4.69) is 4.98 Å². The van der Waals surface area contributed by atoms with Gasteiger partial charge in [-0.2, -0.15) is 0 Å². The third kappa shape index (κ3) is 3.02. The molecule has 2 aromatic carbocycles. The molecule has 0 aliphatic carbocycles. The molecule has 2 heterocycles. The van der Waals surface area contributed by atoms with Gasteiger partial charge in [-0.05, 0) is 29.3 Å². The van der Waals surface area contributed by atoms with Gasteiger partial charge in [0, 0.05) is 42.1 Å². The van der Waals surface area contributed by atoms with Crippen molar-refractivity contribution in [3.05, 3.63) is 75.5 Å². The van der Waals surface area contributed by atoms with E-state index < -0.39 is 23.0 Å². The number of esters is 1. The predicted molar refractivity (Wildman–Crippen MR) is 105 cm³/mol. The summed E-state index contributed by atoms with van der Waals surface area (Å²) < 4.78 is 4.98. The molecule has 0 bridgehead atoms. The van der Waals surface area contributed by atoms with Crippen molar-refractivity contribution in [3.8, 4) is 0 Å². The number of fused-ring (bicyclic) bond motifs is 3. The van der Waals surface area contributed by atoms with Crippen molar-refractivity contribution in [2.75, 3.05) is 7.11 Å². The van der Waals surface area contributed by atoms with Crippen LogP contribution >= 0.6 is 0 Å². The molecule has 1 amide bonds. The monoisotopic (exact) mass is 393 g/mol. The molecule has 4 rings (SSSR count). The Morgan fingerprint density at radius 2 is 1.86 bits per heavy atom. The van der Waals surface area contributed by atoms with Crippen LogP contribution in [-0.2, 0) is 20.7 Å². The molecule has 1 aliphatic rings. The largest absolute Gasteiger partial charge is 0.467 e. The van der Waals surface area contributed by atoms with Gasteiger partial charge in [0.15, 0.2) is 0 Å². The highest BCUT2D eigenvalue weighted by molar-refractivity contribution is 5.90. The molecular formula is C21H19N3O5. The fraction of sp³-hybridized carbons (Fsp3) is 0.238. The SMILES string of the molecule is COC(=O)C1Cc2c([nH]c3ccccc23)C(c2ccc([N+](=O)[O-])cc2)N1C(C)=O. The van der Waals surface area contributed by atoms with Crippen molar-refractivity contribution in [1.82, 2.24) is 9.88 Å². The number of nitrogens with zero attached hydrogens (tertiary/aromatic N) is 2. The van der Waals surface area contributed by atoms with Crippen molar-refractivity contribution in [2.45, 2.75) is 25.4 Å². The van der Waals surface area contributed by atoms with Crippen LogP contribution in [0.15, 0.2) is 48.5 Å². The summed E-state index contributed by atoms with van der Waals surface area (Å²) in [5, 5.41) is 12.0. The minimum Gasteiger partial charge on any atom is -0.467 e. The molecule has 29 heavy (non-hydrogen) atoms. The molecule has 0 saturated heterocycles. The summed E-state index contributed by atoms with van der Waals surface area (Å²) in [5.41, 5.74) is 3.28. The molecule has 8 nitrogen and oxygen atoms in total. The number of para-hydroxylation sites is 1. The standard InChI is InChI=1S/C21H19N3O5/c1-12(25)23-18(21(26)29-2)11-16-15-5-3-4-6-17(15)22-19(16)20(23)13-7-9-14(10-8-13)24(27)28/h3-10,18,20,22H,11H2,1-2H3. The topological polar surface area (TPSA) is 106 Å². The molecule has 2 atom stereocenters. The molecule has 0 spiro atoms. The number of aromatic amines is 1. The third-order valence-corrected chi connectivity index (χ3v) is 5.39. The highest BCUT2D eigenvalue weighted by Gasteiger charge is 2.42. The summed E-state index contributed by atoms with van der Waals surface area (Å²) in [4.78, 5) is 40.6. The van der Waals surface area contributed by atoms with Crippen molar-refractivity contribution in [2.24, 2.45) is 0 Å². The molecular weight excluding hydrogens is 374 g/mol. The predicted octanol–water partition coefficient (Wildman–Crippen LogP) is 3.11. The van der Waals surface area contributed by atoms with Crippen LogP contribution in [0.1, 0.15) is 29.8 Å². The van der Waals surface area contributed by atoms with Crippen LogP contribution in [0, 0.1) is 10.1 Å². The molecule has 1 N–H and O–H groups in total. The Morgan fingerprint density at radius 3 is 2.48 bits per heavy atom. The van der Waals surface area contributed by atoms with Crippen LogP contribution in [0.25, 0.3) is 10.9 Å². The normalized spacial score (nSPS) is 18.3. The second kappa shape index (κ2) is 7.05. The Kier molecular flexibility index (Phi) is 4.54. The Balaban J connectivity index is 1.95. The number of non-ortho nitro benzene ring substituents is 1. The molecule has 1 aliphatic heterocycles. The minimum atomic E-state index is -0.788. The Bertz CT molecular complexity index is 1120. The van der Waals surface area contributed by atoms with Gasteiger partial charge in [0.25, 0.3) is 5.69 Å². The number of nitro benzene ring substituents is 1. The summed E-state index contributed by atoms with van der Waals surface area (Å²) in [5.74, 6) is -0.781. The maximum absolute atomic E-state index is 12.6. The lowest BCUT2D eigenvalue weighted by molar-refractivity contribution is -0.384. The zero-order valence-corrected chi connectivity index (χ0v) is 15.9. The number of nitrogens with one attached hydrogen (secondary N) is 1. The summed E-state index contributed by atoms with van der Waals surface area (Å²) in [6.45, 7) is 1.40. The van der Waals surface area contributed by atoms with Gasteiger partial charge in [0.2, 0.25) is 5.91 Å². The second-order valence-corrected chi connectivity index (χ2v) is 6.98. The molecule has 148 valence electrons. The highest BCUT2D eigenvalue weighted by atomic mass is 16.6. The van der Waals surface area contributed by atoms with Crippen LogP contribution in [-0.4, -0.2) is 39.8 Å². The van der Waals surface area contributed by atoms with Gasteiger partial charge in [-0.1, -0.05) is 18.2 Å². The lowest BCUT2D eigenvalue weighted by atomic mass is 9.88. The van der Waals surface area contributed by atoms with E-state index >= 15 is 0 Å². The summed E-state index contributed by atoms with van der Waals surface area (Å²) in [6.07, 6.45) is 0.328. The van der Waals surface area contributed by atoms with Crippen LogP contribution in [0.5, 0.6) is 0 Å². The van der Waals surface area contributed by atoms with E-state index in [1.165, 1.54) is 31.1 Å². The first-order chi connectivity index (χ1) is 13.9. The average molecular weight is 393 g/mol. The zero-order valence-electron chi connectivity index (χ0n) is 15.9. The Labute approximate surface area is 166 Å². The van der Waals surface area contributed by atoms with Gasteiger partial charge < -0.3 is 14.6 Å². The maximum Gasteiger partial charge on any atom is 0.328 e. The number of hydrogen-bond acceptors (Lipinski definition) is 5. The summed E-state index contributed by atoms with van der Waals surface area (Å²) in [7, 11) is 1.30. The third-order valence-electron chi connectivity index (χ3n) is 5.39. The molecule has 2 unspecified atom stereocenters. The zero-order chi connectivity index (χ0) is 20.7. The van der Waals surface area contributed by atoms with Crippen molar-refractivity contribution >= 4 is 28.5 Å². The molecule has 8 heteroatoms. The number of H-pyrrole nitrogens is 1. The van der Waals surface area contributed by atoms with Crippen LogP contribution in [0.2, 0.25) is 0 Å². The van der Waals surface area contributed by atoms with Gasteiger partial charge in [0.05, 0.1) is 18.1 Å². The van der Waals surface area contributed by atoms with E-state index in [1.807, 2.05) is 24.3 Å². The Hall–Kier alpha value is -3.68. The summed E-state index contributed by atoms with van der Waals surface area (Å²) in [6, 6.07) is 12.4. The van der Waals surface area contributed by atoms with Crippen LogP contribution in [0.4, 0.5) is 5.69 Å². The van der Waals surface area contributed by atoms with Gasteiger partial charge in [0.1, 0.15) is 6.04 Å². The number of carbonyl (C=O) groups is 2. The lowest BCUT2D eigenvalue weighted by Gasteiger charge is -2.40. The number of ether oxygens (including phenoxy) is 1. The van der Waals surface area contributed by atoms with Crippen molar-refractivity contribution in [1.29, 1.82) is 0 Å². The van der Waals surface area contributed by atoms with E-state index in [-0.39, 0.29) is 11.6 Å². The van der Waals surface area contributed by atoms with Crippen molar-refractivity contribution in [3.63, 3.8) is 0 Å². The second-order valence-electron chi connectivity index (χ2n) is 6.98. The number of amides is 1. The van der Waals surface area contributed by atoms with Gasteiger partial charge in [-0.25, -0.2) is 4.79 Å². The minimum absolute atomic E-state index is 0.0414. The van der Waals surface area contributed by atoms with E-state index in [0.29, 0.717) is 12.0 Å². The van der Waals surface area contributed by atoms with Gasteiger partial charge in [-0.15, -0.1) is 0 Å². The van der Waals surface area contributed by atoms with E-state index in [9.17, 15) is 19.7 Å². The van der Waals surface area contributed by atoms with E-state index in [4.69, 9.17) is 4.74 Å². The fourth-order valence-corrected chi connectivity index (χ4v) is 4.12. The van der Waals surface area contributed by atoms with E-state index in [1.54, 1.807) is 12.1 Å². The molecule has 0 radical (unpaired) electrons. The number of carbonyl (C=O) groups excluding carboxylic acids is 2. The smallest absolute Gasteiger partial charge is 0.328 e. The number of benzene rings is 2. The van der Waals surface area contributed by atoms with Gasteiger partial charge in [-0.3, -0.25) is 14.9 Å². The maximum atomic E-state index is 12.6. The quantitative estimate of drug-likeness (QED) is 0.418. The first kappa shape index (κ1) is 18.7. The summed E-state index contributed by atoms with van der Waals surface area (Å²) >= 11 is 0. The first-order valence-electron chi connectivity index (χ1n) is 9.13. The number of hydrogen-bond donors (Lipinski definition) is 1. The average Bonchev–Trinajstić information content (AvgIpc) is 3.10.